The molecule has 1 aliphatic carbocycles. The number of anilines is 3. The average molecular weight is 932 g/mol. The molecule has 9 heterocycles. The van der Waals surface area contributed by atoms with Crippen LogP contribution in [-0.4, -0.2) is 144 Å². The molecule has 4 atom stereocenters. The Bertz CT molecular complexity index is 2790. The van der Waals surface area contributed by atoms with Gasteiger partial charge in [0, 0.05) is 71.7 Å². The third-order valence-electron chi connectivity index (χ3n) is 15.1. The minimum atomic E-state index is -2.94. The number of aryl methyl sites for hydroxylation is 1. The maximum absolute atomic E-state index is 16.1. The van der Waals surface area contributed by atoms with E-state index < -0.39 is 41.9 Å². The predicted molar refractivity (Wildman–Crippen MR) is 237 cm³/mol. The van der Waals surface area contributed by atoms with Crippen molar-refractivity contribution in [3.8, 4) is 0 Å². The number of nitrogens with zero attached hydrogens (tertiary/aromatic N) is 11. The number of aromatic nitrogens is 7. The molecule has 5 aliphatic heterocycles. The second-order valence-corrected chi connectivity index (χ2v) is 19.1. The number of rotatable bonds is 10. The smallest absolute Gasteiger partial charge is 0.329 e. The second kappa shape index (κ2) is 17.0. The summed E-state index contributed by atoms with van der Waals surface area (Å²) in [5.74, 6) is -3.56. The Labute approximate surface area is 381 Å². The molecule has 2 bridgehead atoms. The molecule has 22 heteroatoms. The number of piperazine rings is 1. The van der Waals surface area contributed by atoms with Crippen LogP contribution in [0.2, 0.25) is 0 Å². The Kier molecular flexibility index (Phi) is 11.1. The molecule has 1 unspecified atom stereocenters. The van der Waals surface area contributed by atoms with Crippen molar-refractivity contribution in [1.82, 2.24) is 48.6 Å². The van der Waals surface area contributed by atoms with Crippen LogP contribution in [0.25, 0.3) is 16.7 Å². The first kappa shape index (κ1) is 43.7. The highest BCUT2D eigenvalue weighted by Crippen LogP contribution is 2.39. The standard InChI is InChI=1S/C45H53F4N13O5/c1-55-39-32(3-2-4-33(39)62(44(55)66)34-9-10-37(63)53-43(34)65)57-15-17-58(18-16-57)35-11-13-56(25-45(35,48)49)21-26-5-7-27(8-6-26)61-23-31(38(54-61)40(46)47)51-42(64)30-20-50-60-14-12-36(52-41(30)60)59-22-29-19-28(59)24-67-29/h2-4,12,14,20,23,26-29,34-35,40H,5-11,13,15-19,21-22,24-25H2,1H3,(H,51,64)(H,53,63,65)/t26?,27?,28-,29-,34?,35+/m1/s1. The molecule has 67 heavy (non-hydrogen) atoms. The number of para-hydroxylation sites is 1. The summed E-state index contributed by atoms with van der Waals surface area (Å²) in [6, 6.07) is 5.68. The zero-order valence-corrected chi connectivity index (χ0v) is 37.1. The number of amides is 3. The zero-order chi connectivity index (χ0) is 46.3. The van der Waals surface area contributed by atoms with Crippen molar-refractivity contribution >= 4 is 51.6 Å². The van der Waals surface area contributed by atoms with Crippen LogP contribution < -0.4 is 26.1 Å². The van der Waals surface area contributed by atoms with Gasteiger partial charge in [-0.1, -0.05) is 6.07 Å². The minimum Gasteiger partial charge on any atom is -0.374 e. The van der Waals surface area contributed by atoms with Gasteiger partial charge in [-0.3, -0.25) is 43.3 Å². The van der Waals surface area contributed by atoms with Gasteiger partial charge in [0.1, 0.15) is 17.4 Å². The number of imidazole rings is 1. The Morgan fingerprint density at radius 1 is 1.00 bits per heavy atom. The molecule has 6 aliphatic rings. The van der Waals surface area contributed by atoms with E-state index in [1.165, 1.54) is 30.7 Å². The Balaban J connectivity index is 0.684. The van der Waals surface area contributed by atoms with E-state index in [0.717, 1.165) is 24.9 Å². The van der Waals surface area contributed by atoms with Crippen LogP contribution in [-0.2, 0) is 21.4 Å². The van der Waals surface area contributed by atoms with Gasteiger partial charge in [0.2, 0.25) is 11.8 Å². The van der Waals surface area contributed by atoms with Crippen LogP contribution in [0.1, 0.15) is 85.9 Å². The van der Waals surface area contributed by atoms with Gasteiger partial charge in [0.15, 0.2) is 11.3 Å². The lowest BCUT2D eigenvalue weighted by atomic mass is 9.85. The summed E-state index contributed by atoms with van der Waals surface area (Å²) in [6.45, 7) is 3.85. The molecule has 3 amide bonds. The van der Waals surface area contributed by atoms with Crippen molar-refractivity contribution in [1.29, 1.82) is 0 Å². The molecule has 18 nitrogen and oxygen atoms in total. The number of alkyl halides is 4. The summed E-state index contributed by atoms with van der Waals surface area (Å²) < 4.78 is 72.5. The molecule has 4 aromatic heterocycles. The van der Waals surface area contributed by atoms with Crippen molar-refractivity contribution in [3.05, 3.63) is 64.6 Å². The number of piperidine rings is 2. The van der Waals surface area contributed by atoms with Gasteiger partial charge in [0.05, 0.1) is 66.0 Å². The van der Waals surface area contributed by atoms with Gasteiger partial charge in [-0.15, -0.1) is 0 Å². The van der Waals surface area contributed by atoms with Crippen LogP contribution >= 0.6 is 0 Å². The highest BCUT2D eigenvalue weighted by molar-refractivity contribution is 6.08. The Hall–Kier alpha value is -5.87. The number of halogens is 4. The normalized spacial score (nSPS) is 27.2. The van der Waals surface area contributed by atoms with Crippen LogP contribution in [0.5, 0.6) is 0 Å². The van der Waals surface area contributed by atoms with E-state index in [-0.39, 0.29) is 66.3 Å². The van der Waals surface area contributed by atoms with Gasteiger partial charge < -0.3 is 19.9 Å². The van der Waals surface area contributed by atoms with E-state index in [0.29, 0.717) is 94.2 Å². The first-order chi connectivity index (χ1) is 32.3. The summed E-state index contributed by atoms with van der Waals surface area (Å²) in [4.78, 5) is 64.3. The summed E-state index contributed by atoms with van der Waals surface area (Å²) in [5.41, 5.74) is 1.53. The lowest BCUT2D eigenvalue weighted by Gasteiger charge is -2.47. The molecule has 356 valence electrons. The fourth-order valence-electron chi connectivity index (χ4n) is 11.6. The highest BCUT2D eigenvalue weighted by atomic mass is 19.3. The number of imide groups is 1. The van der Waals surface area contributed by atoms with Crippen molar-refractivity contribution in [2.45, 2.75) is 94.0 Å². The Morgan fingerprint density at radius 3 is 2.52 bits per heavy atom. The number of ether oxygens (including phenoxy) is 1. The molecule has 0 spiro atoms. The molecule has 0 radical (unpaired) electrons. The first-order valence-electron chi connectivity index (χ1n) is 23.3. The third kappa shape index (κ3) is 7.92. The highest BCUT2D eigenvalue weighted by Gasteiger charge is 2.48. The number of likely N-dealkylation sites (tertiary alicyclic amines) is 1. The largest absolute Gasteiger partial charge is 0.374 e. The van der Waals surface area contributed by atoms with E-state index in [2.05, 4.69) is 30.6 Å². The second-order valence-electron chi connectivity index (χ2n) is 19.1. The van der Waals surface area contributed by atoms with Gasteiger partial charge >= 0.3 is 5.69 Å². The van der Waals surface area contributed by atoms with Gasteiger partial charge in [-0.25, -0.2) is 31.9 Å². The van der Waals surface area contributed by atoms with Gasteiger partial charge in [0.25, 0.3) is 18.3 Å². The van der Waals surface area contributed by atoms with Crippen LogP contribution in [0.3, 0.4) is 0 Å². The van der Waals surface area contributed by atoms with E-state index in [1.807, 2.05) is 28.0 Å². The fraction of sp³-hybridized carbons (Fsp3) is 0.578. The summed E-state index contributed by atoms with van der Waals surface area (Å²) >= 11 is 0. The first-order valence-corrected chi connectivity index (χ1v) is 23.3. The molecular weight excluding hydrogens is 879 g/mol. The molecule has 6 fully saturated rings. The van der Waals surface area contributed by atoms with Crippen molar-refractivity contribution < 1.29 is 36.7 Å². The number of fused-ring (bicyclic) bond motifs is 4. The summed E-state index contributed by atoms with van der Waals surface area (Å²) in [5, 5.41) is 13.5. The number of carbonyl (C=O) groups is 3. The quantitative estimate of drug-likeness (QED) is 0.153. The number of hydrogen-bond donors (Lipinski definition) is 2. The van der Waals surface area contributed by atoms with E-state index in [9.17, 15) is 28.0 Å². The predicted octanol–water partition coefficient (Wildman–Crippen LogP) is 3.99. The van der Waals surface area contributed by atoms with Crippen LogP contribution in [0.15, 0.2) is 47.7 Å². The Morgan fingerprint density at radius 2 is 1.81 bits per heavy atom. The lowest BCUT2D eigenvalue weighted by Crippen LogP contribution is -2.62. The lowest BCUT2D eigenvalue weighted by molar-refractivity contribution is -0.135. The number of morpholine rings is 1. The molecule has 2 N–H and O–H groups in total. The van der Waals surface area contributed by atoms with Gasteiger partial charge in [-0.2, -0.15) is 10.2 Å². The molecular formula is C45H53F4N13O5. The minimum absolute atomic E-state index is 0.0795. The maximum Gasteiger partial charge on any atom is 0.329 e. The number of carbonyl (C=O) groups excluding carboxylic acids is 3. The van der Waals surface area contributed by atoms with Crippen LogP contribution in [0.4, 0.5) is 34.8 Å². The van der Waals surface area contributed by atoms with Crippen LogP contribution in [0, 0.1) is 5.92 Å². The van der Waals surface area contributed by atoms with E-state index in [4.69, 9.17) is 9.72 Å². The number of nitrogens with one attached hydrogen (secondary N) is 2. The molecule has 5 aromatic rings. The van der Waals surface area contributed by atoms with Crippen molar-refractivity contribution in [2.75, 3.05) is 74.1 Å². The molecule has 11 rings (SSSR count). The van der Waals surface area contributed by atoms with Crippen molar-refractivity contribution in [3.63, 3.8) is 0 Å². The molecule has 1 aromatic carbocycles. The third-order valence-corrected chi connectivity index (χ3v) is 15.1. The van der Waals surface area contributed by atoms with E-state index in [1.54, 1.807) is 19.3 Å². The summed E-state index contributed by atoms with van der Waals surface area (Å²) in [7, 11) is 1.66. The van der Waals surface area contributed by atoms with Crippen molar-refractivity contribution in [2.24, 2.45) is 13.0 Å². The summed E-state index contributed by atoms with van der Waals surface area (Å²) in [6.07, 6.45) is 6.10. The SMILES string of the molecule is Cn1c(=O)n(C2CCC(=O)NC2=O)c2cccc(N3CCN([C@H]4CCN(CC5CCC(n6cc(NC(=O)c7cnn8ccc(N9C[C@H]%10C[C@@H]9CO%10)nc78)c(C(F)F)n6)CC5)CC4(F)F)CC3)c21. The number of benzene rings is 1. The number of hydrogen-bond acceptors (Lipinski definition) is 12. The van der Waals surface area contributed by atoms with E-state index >= 15 is 8.78 Å². The monoisotopic (exact) mass is 931 g/mol. The average Bonchev–Trinajstić information content (AvgIpc) is 4.17. The van der Waals surface area contributed by atoms with Gasteiger partial charge in [-0.05, 0) is 69.1 Å². The maximum atomic E-state index is 16.1. The molecule has 1 saturated carbocycles. The topological polar surface area (TPSA) is 172 Å². The fourth-order valence-corrected chi connectivity index (χ4v) is 11.6. The zero-order valence-electron chi connectivity index (χ0n) is 37.1. The molecule has 5 saturated heterocycles.